The number of aryl methyl sites for hydroxylation is 2. The number of halogens is 1. The summed E-state index contributed by atoms with van der Waals surface area (Å²) in [5, 5.41) is 7.73. The number of hydrogen-bond acceptors (Lipinski definition) is 0. The highest BCUT2D eigenvalue weighted by Gasteiger charge is 2.21. The van der Waals surface area contributed by atoms with Gasteiger partial charge < -0.3 is 13.7 Å². The summed E-state index contributed by atoms with van der Waals surface area (Å²) < 4.78 is 8.75. The standard InChI is InChI=1S/C62H58IN3/c1-35(2)41-11-21-57-51(29-41)52-30-42(36(3)4)12-22-58(52)65(57)47-17-25-61-55(33-47)56-34-48(66-59-23-13-43(37(5)6)31-53(59)54-32-44(38(7)8)14-24-60(54)66)18-26-62(56)64(61)46-16-20-50(40(10)28-46)49-19-15-45(63)27-39(49)9/h11-38H,1-10H3. The van der Waals surface area contributed by atoms with Crippen LogP contribution in [-0.4, -0.2) is 13.7 Å². The van der Waals surface area contributed by atoms with Gasteiger partial charge in [-0.25, -0.2) is 0 Å². The Morgan fingerprint density at radius 2 is 0.576 bits per heavy atom. The van der Waals surface area contributed by atoms with Gasteiger partial charge in [-0.15, -0.1) is 0 Å². The first-order valence-corrected chi connectivity index (χ1v) is 25.0. The van der Waals surface area contributed by atoms with E-state index in [2.05, 4.69) is 251 Å². The van der Waals surface area contributed by atoms with Gasteiger partial charge in [0.25, 0.3) is 0 Å². The Balaban J connectivity index is 1.19. The molecule has 0 aliphatic rings. The number of benzene rings is 8. The van der Waals surface area contributed by atoms with Crippen molar-refractivity contribution < 1.29 is 0 Å². The van der Waals surface area contributed by atoms with Crippen LogP contribution in [0.4, 0.5) is 0 Å². The molecule has 0 spiro atoms. The predicted molar refractivity (Wildman–Crippen MR) is 293 cm³/mol. The molecule has 0 atom stereocenters. The van der Waals surface area contributed by atoms with E-state index >= 15 is 0 Å². The fourth-order valence-corrected chi connectivity index (χ4v) is 11.3. The van der Waals surface area contributed by atoms with Gasteiger partial charge in [-0.3, -0.25) is 0 Å². The van der Waals surface area contributed by atoms with Crippen LogP contribution in [0.1, 0.15) is 112 Å². The van der Waals surface area contributed by atoms with Crippen LogP contribution in [0, 0.1) is 17.4 Å². The molecule has 0 aliphatic heterocycles. The quantitative estimate of drug-likeness (QED) is 0.135. The Morgan fingerprint density at radius 3 is 0.894 bits per heavy atom. The van der Waals surface area contributed by atoms with Crippen LogP contribution in [0.15, 0.2) is 146 Å². The Bertz CT molecular complexity index is 3430. The van der Waals surface area contributed by atoms with Gasteiger partial charge in [-0.1, -0.05) is 91.8 Å². The fraction of sp³-hybridized carbons (Fsp3) is 0.226. The Morgan fingerprint density at radius 1 is 0.303 bits per heavy atom. The topological polar surface area (TPSA) is 14.8 Å². The molecule has 8 aromatic carbocycles. The zero-order chi connectivity index (χ0) is 45.9. The molecule has 0 amide bonds. The second-order valence-corrected chi connectivity index (χ2v) is 21.3. The van der Waals surface area contributed by atoms with E-state index < -0.39 is 0 Å². The Kier molecular flexibility index (Phi) is 10.3. The lowest BCUT2D eigenvalue weighted by atomic mass is 9.96. The van der Waals surface area contributed by atoms with E-state index in [0.29, 0.717) is 23.7 Å². The van der Waals surface area contributed by atoms with E-state index in [0.717, 1.165) is 0 Å². The molecule has 0 bridgehead atoms. The van der Waals surface area contributed by atoms with E-state index in [1.807, 2.05) is 0 Å². The highest BCUT2D eigenvalue weighted by molar-refractivity contribution is 14.1. The van der Waals surface area contributed by atoms with E-state index in [4.69, 9.17) is 0 Å². The van der Waals surface area contributed by atoms with Crippen LogP contribution in [0.3, 0.4) is 0 Å². The molecule has 0 unspecified atom stereocenters. The Labute approximate surface area is 402 Å². The van der Waals surface area contributed by atoms with Gasteiger partial charge in [-0.2, -0.15) is 0 Å². The summed E-state index contributed by atoms with van der Waals surface area (Å²) in [5.41, 5.74) is 21.4. The molecule has 0 saturated carbocycles. The van der Waals surface area contributed by atoms with Crippen LogP contribution in [0.25, 0.3) is 93.6 Å². The molecule has 11 aromatic rings. The van der Waals surface area contributed by atoms with Gasteiger partial charge in [0, 0.05) is 52.9 Å². The average molecular weight is 972 g/mol. The zero-order valence-electron chi connectivity index (χ0n) is 39.9. The van der Waals surface area contributed by atoms with Crippen molar-refractivity contribution in [3.8, 4) is 28.2 Å². The van der Waals surface area contributed by atoms with E-state index in [9.17, 15) is 0 Å². The monoisotopic (exact) mass is 971 g/mol. The molecule has 0 fully saturated rings. The minimum atomic E-state index is 0.445. The molecule has 328 valence electrons. The summed E-state index contributed by atoms with van der Waals surface area (Å²) in [5.74, 6) is 1.78. The zero-order valence-corrected chi connectivity index (χ0v) is 42.0. The van der Waals surface area contributed by atoms with Crippen molar-refractivity contribution in [2.45, 2.75) is 92.9 Å². The summed E-state index contributed by atoms with van der Waals surface area (Å²) in [4.78, 5) is 0. The van der Waals surface area contributed by atoms with Crippen molar-refractivity contribution in [3.63, 3.8) is 0 Å². The Hall–Kier alpha value is -6.11. The lowest BCUT2D eigenvalue weighted by Crippen LogP contribution is -1.98. The maximum atomic E-state index is 2.50. The first kappa shape index (κ1) is 42.5. The van der Waals surface area contributed by atoms with Crippen LogP contribution in [0.2, 0.25) is 0 Å². The second kappa shape index (κ2) is 16.0. The molecular formula is C62H58IN3. The molecule has 0 aliphatic carbocycles. The van der Waals surface area contributed by atoms with E-state index in [1.54, 1.807) is 0 Å². The van der Waals surface area contributed by atoms with Crippen molar-refractivity contribution in [2.24, 2.45) is 0 Å². The van der Waals surface area contributed by atoms with Crippen LogP contribution >= 0.6 is 22.6 Å². The van der Waals surface area contributed by atoms with Crippen molar-refractivity contribution >= 4 is 88.0 Å². The summed E-state index contributed by atoms with van der Waals surface area (Å²) in [7, 11) is 0. The molecule has 3 nitrogen and oxygen atoms in total. The molecule has 4 heteroatoms. The van der Waals surface area contributed by atoms with Crippen molar-refractivity contribution in [2.75, 3.05) is 0 Å². The molecule has 3 aromatic heterocycles. The van der Waals surface area contributed by atoms with Crippen molar-refractivity contribution in [1.29, 1.82) is 0 Å². The smallest absolute Gasteiger partial charge is 0.0542 e. The third-order valence-electron chi connectivity index (χ3n) is 14.5. The number of hydrogen-bond donors (Lipinski definition) is 0. The summed E-state index contributed by atoms with van der Waals surface area (Å²) in [6.45, 7) is 22.8. The van der Waals surface area contributed by atoms with E-state index in [1.165, 1.54) is 131 Å². The van der Waals surface area contributed by atoms with Gasteiger partial charge in [0.2, 0.25) is 0 Å². The lowest BCUT2D eigenvalue weighted by Gasteiger charge is -2.15. The highest BCUT2D eigenvalue weighted by Crippen LogP contribution is 2.42. The summed E-state index contributed by atoms with van der Waals surface area (Å²) in [6, 6.07) is 56.5. The third kappa shape index (κ3) is 6.81. The molecule has 11 rings (SSSR count). The molecule has 0 N–H and O–H groups in total. The van der Waals surface area contributed by atoms with E-state index in [-0.39, 0.29) is 0 Å². The molecular weight excluding hydrogens is 914 g/mol. The van der Waals surface area contributed by atoms with Gasteiger partial charge in [0.05, 0.1) is 33.1 Å². The minimum Gasteiger partial charge on any atom is -0.309 e. The summed E-state index contributed by atoms with van der Waals surface area (Å²) in [6.07, 6.45) is 0. The van der Waals surface area contributed by atoms with Crippen LogP contribution in [0.5, 0.6) is 0 Å². The molecule has 66 heavy (non-hydrogen) atoms. The lowest BCUT2D eigenvalue weighted by molar-refractivity contribution is 0.868. The maximum absolute atomic E-state index is 2.50. The fourth-order valence-electron chi connectivity index (χ4n) is 10.7. The van der Waals surface area contributed by atoms with Crippen molar-refractivity contribution in [1.82, 2.24) is 13.7 Å². The largest absolute Gasteiger partial charge is 0.309 e. The van der Waals surface area contributed by atoms with Gasteiger partial charge in [-0.05, 0) is 214 Å². The summed E-state index contributed by atoms with van der Waals surface area (Å²) >= 11 is 2.41. The number of nitrogens with zero attached hydrogens (tertiary/aromatic N) is 3. The SMILES string of the molecule is Cc1cc(I)ccc1-c1ccc(-n2c3ccc(-n4c5ccc(C(C)C)cc5c5cc(C(C)C)ccc54)cc3c3cc(-n4c5ccc(C(C)C)cc5c5cc(C(C)C)ccc54)ccc32)cc1C. The molecule has 0 radical (unpaired) electrons. The first-order chi connectivity index (χ1) is 31.7. The normalized spacial score (nSPS) is 12.4. The highest BCUT2D eigenvalue weighted by atomic mass is 127. The van der Waals surface area contributed by atoms with Gasteiger partial charge >= 0.3 is 0 Å². The second-order valence-electron chi connectivity index (χ2n) is 20.1. The molecule has 3 heterocycles. The van der Waals surface area contributed by atoms with Crippen molar-refractivity contribution in [3.05, 3.63) is 183 Å². The number of fused-ring (bicyclic) bond motifs is 9. The third-order valence-corrected chi connectivity index (χ3v) is 15.2. The van der Waals surface area contributed by atoms with Crippen LogP contribution in [-0.2, 0) is 0 Å². The van der Waals surface area contributed by atoms with Crippen LogP contribution < -0.4 is 0 Å². The minimum absolute atomic E-state index is 0.445. The van der Waals surface area contributed by atoms with Gasteiger partial charge in [0.15, 0.2) is 0 Å². The number of aromatic nitrogens is 3. The number of rotatable bonds is 8. The predicted octanol–water partition coefficient (Wildman–Crippen LogP) is 18.4. The first-order valence-electron chi connectivity index (χ1n) is 23.9. The maximum Gasteiger partial charge on any atom is 0.0542 e. The molecule has 0 saturated heterocycles. The average Bonchev–Trinajstić information content (AvgIpc) is 3.93. The van der Waals surface area contributed by atoms with Gasteiger partial charge in [0.1, 0.15) is 0 Å².